The van der Waals surface area contributed by atoms with Crippen LogP contribution >= 0.6 is 0 Å². The molecule has 1 nitrogen and oxygen atoms in total. The summed E-state index contributed by atoms with van der Waals surface area (Å²) in [6.07, 6.45) is 3.45. The molecule has 70 valence electrons. The van der Waals surface area contributed by atoms with E-state index in [2.05, 4.69) is 6.92 Å². The van der Waals surface area contributed by atoms with E-state index >= 15 is 0 Å². The maximum absolute atomic E-state index is 13.1. The zero-order valence-electron chi connectivity index (χ0n) is 7.72. The average molecular weight is 180 g/mol. The van der Waals surface area contributed by atoms with Gasteiger partial charge in [0.05, 0.1) is 0 Å². The van der Waals surface area contributed by atoms with Crippen molar-refractivity contribution in [1.82, 2.24) is 0 Å². The number of carbonyl (C=O) groups is 1. The zero-order valence-corrected chi connectivity index (χ0v) is 7.72. The van der Waals surface area contributed by atoms with E-state index in [-0.39, 0.29) is 5.82 Å². The van der Waals surface area contributed by atoms with Crippen LogP contribution < -0.4 is 0 Å². The second-order valence-electron chi connectivity index (χ2n) is 3.07. The monoisotopic (exact) mass is 180 g/mol. The molecule has 0 spiro atoms. The second-order valence-corrected chi connectivity index (χ2v) is 3.07. The van der Waals surface area contributed by atoms with Crippen LogP contribution in [0.1, 0.15) is 35.7 Å². The smallest absolute Gasteiger partial charge is 0.150 e. The zero-order chi connectivity index (χ0) is 9.68. The van der Waals surface area contributed by atoms with Gasteiger partial charge in [0.15, 0.2) is 0 Å². The van der Waals surface area contributed by atoms with Gasteiger partial charge in [-0.05, 0) is 36.6 Å². The SMILES string of the molecule is CCCCc1cc(C=O)ccc1F. The lowest BCUT2D eigenvalue weighted by atomic mass is 10.1. The van der Waals surface area contributed by atoms with Gasteiger partial charge in [-0.3, -0.25) is 4.79 Å². The Hall–Kier alpha value is -1.18. The predicted molar refractivity (Wildman–Crippen MR) is 50.4 cm³/mol. The lowest BCUT2D eigenvalue weighted by Gasteiger charge is -2.02. The lowest BCUT2D eigenvalue weighted by Crippen LogP contribution is -1.92. The quantitative estimate of drug-likeness (QED) is 0.651. The van der Waals surface area contributed by atoms with Gasteiger partial charge in [0.2, 0.25) is 0 Å². The fourth-order valence-corrected chi connectivity index (χ4v) is 1.23. The van der Waals surface area contributed by atoms with E-state index in [1.807, 2.05) is 0 Å². The summed E-state index contributed by atoms with van der Waals surface area (Å²) in [5, 5.41) is 0. The van der Waals surface area contributed by atoms with Gasteiger partial charge in [-0.25, -0.2) is 4.39 Å². The fourth-order valence-electron chi connectivity index (χ4n) is 1.23. The Morgan fingerprint density at radius 3 is 2.85 bits per heavy atom. The van der Waals surface area contributed by atoms with Crippen molar-refractivity contribution in [3.8, 4) is 0 Å². The lowest BCUT2D eigenvalue weighted by molar-refractivity contribution is 0.112. The van der Waals surface area contributed by atoms with Gasteiger partial charge in [-0.2, -0.15) is 0 Å². The number of aryl methyl sites for hydroxylation is 1. The number of halogens is 1. The van der Waals surface area contributed by atoms with Gasteiger partial charge in [-0.1, -0.05) is 13.3 Å². The van der Waals surface area contributed by atoms with Gasteiger partial charge in [0.1, 0.15) is 12.1 Å². The number of carbonyl (C=O) groups excluding carboxylic acids is 1. The van der Waals surface area contributed by atoms with Gasteiger partial charge in [0.25, 0.3) is 0 Å². The Morgan fingerprint density at radius 1 is 1.46 bits per heavy atom. The van der Waals surface area contributed by atoms with Crippen molar-refractivity contribution in [2.24, 2.45) is 0 Å². The standard InChI is InChI=1S/C11H13FO/c1-2-3-4-10-7-9(8-13)5-6-11(10)12/h5-8H,2-4H2,1H3. The van der Waals surface area contributed by atoms with E-state index < -0.39 is 0 Å². The molecule has 0 amide bonds. The van der Waals surface area contributed by atoms with Gasteiger partial charge in [-0.15, -0.1) is 0 Å². The highest BCUT2D eigenvalue weighted by molar-refractivity contribution is 5.74. The Balaban J connectivity index is 2.83. The van der Waals surface area contributed by atoms with Crippen LogP contribution in [0.2, 0.25) is 0 Å². The molecule has 0 unspecified atom stereocenters. The molecule has 1 rings (SSSR count). The van der Waals surface area contributed by atoms with Gasteiger partial charge < -0.3 is 0 Å². The molecule has 0 aliphatic heterocycles. The van der Waals surface area contributed by atoms with Crippen LogP contribution in [0, 0.1) is 5.82 Å². The molecule has 2 heteroatoms. The van der Waals surface area contributed by atoms with E-state index in [1.54, 1.807) is 6.07 Å². The third kappa shape index (κ3) is 2.65. The maximum atomic E-state index is 13.1. The first-order valence-electron chi connectivity index (χ1n) is 4.51. The highest BCUT2D eigenvalue weighted by Gasteiger charge is 2.02. The minimum Gasteiger partial charge on any atom is -0.298 e. The molecule has 0 N–H and O–H groups in total. The molecular formula is C11H13FO. The summed E-state index contributed by atoms with van der Waals surface area (Å²) in [7, 11) is 0. The van der Waals surface area contributed by atoms with E-state index in [0.29, 0.717) is 17.5 Å². The molecule has 13 heavy (non-hydrogen) atoms. The summed E-state index contributed by atoms with van der Waals surface area (Å²) >= 11 is 0. The number of hydrogen-bond acceptors (Lipinski definition) is 1. The van der Waals surface area contributed by atoms with Crippen molar-refractivity contribution in [3.05, 3.63) is 35.1 Å². The first-order valence-corrected chi connectivity index (χ1v) is 4.51. The fraction of sp³-hybridized carbons (Fsp3) is 0.364. The van der Waals surface area contributed by atoms with Crippen LogP contribution in [-0.4, -0.2) is 6.29 Å². The number of benzene rings is 1. The summed E-state index contributed by atoms with van der Waals surface area (Å²) in [4.78, 5) is 10.4. The van der Waals surface area contributed by atoms with Crippen LogP contribution in [-0.2, 0) is 6.42 Å². The van der Waals surface area contributed by atoms with Crippen LogP contribution in [0.5, 0.6) is 0 Å². The summed E-state index contributed by atoms with van der Waals surface area (Å²) in [5.41, 5.74) is 1.19. The van der Waals surface area contributed by atoms with E-state index in [4.69, 9.17) is 0 Å². The summed E-state index contributed by atoms with van der Waals surface area (Å²) in [5.74, 6) is -0.209. The maximum Gasteiger partial charge on any atom is 0.150 e. The van der Waals surface area contributed by atoms with Gasteiger partial charge in [0, 0.05) is 5.56 Å². The Morgan fingerprint density at radius 2 is 2.23 bits per heavy atom. The second kappa shape index (κ2) is 4.75. The highest BCUT2D eigenvalue weighted by Crippen LogP contribution is 2.12. The van der Waals surface area contributed by atoms with Crippen molar-refractivity contribution < 1.29 is 9.18 Å². The molecule has 0 aliphatic carbocycles. The minimum atomic E-state index is -0.209. The summed E-state index contributed by atoms with van der Waals surface area (Å²) in [6.45, 7) is 2.06. The Labute approximate surface area is 77.6 Å². The molecule has 0 saturated heterocycles. The van der Waals surface area contributed by atoms with Crippen LogP contribution in [0.3, 0.4) is 0 Å². The third-order valence-electron chi connectivity index (χ3n) is 2.01. The topological polar surface area (TPSA) is 17.1 Å². The molecule has 0 heterocycles. The molecule has 0 fully saturated rings. The summed E-state index contributed by atoms with van der Waals surface area (Å²) < 4.78 is 13.1. The van der Waals surface area contributed by atoms with E-state index in [0.717, 1.165) is 19.1 Å². The number of hydrogen-bond donors (Lipinski definition) is 0. The van der Waals surface area contributed by atoms with Crippen molar-refractivity contribution in [2.45, 2.75) is 26.2 Å². The first-order chi connectivity index (χ1) is 6.27. The molecule has 0 aliphatic rings. The normalized spacial score (nSPS) is 10.0. The first kappa shape index (κ1) is 9.90. The molecule has 1 aromatic carbocycles. The molecule has 0 aromatic heterocycles. The summed E-state index contributed by atoms with van der Waals surface area (Å²) in [6, 6.07) is 4.48. The molecule has 0 saturated carbocycles. The van der Waals surface area contributed by atoms with Crippen molar-refractivity contribution in [3.63, 3.8) is 0 Å². The van der Waals surface area contributed by atoms with Crippen LogP contribution in [0.15, 0.2) is 18.2 Å². The van der Waals surface area contributed by atoms with Crippen LogP contribution in [0.25, 0.3) is 0 Å². The number of unbranched alkanes of at least 4 members (excludes halogenated alkanes) is 1. The van der Waals surface area contributed by atoms with E-state index in [9.17, 15) is 9.18 Å². The van der Waals surface area contributed by atoms with Crippen LogP contribution in [0.4, 0.5) is 4.39 Å². The largest absolute Gasteiger partial charge is 0.298 e. The minimum absolute atomic E-state index is 0.209. The van der Waals surface area contributed by atoms with Gasteiger partial charge >= 0.3 is 0 Å². The Bertz CT molecular complexity index is 294. The molecular weight excluding hydrogens is 167 g/mol. The highest BCUT2D eigenvalue weighted by atomic mass is 19.1. The molecule has 0 bridgehead atoms. The predicted octanol–water partition coefficient (Wildman–Crippen LogP) is 2.98. The third-order valence-corrected chi connectivity index (χ3v) is 2.01. The average Bonchev–Trinajstić information content (AvgIpc) is 2.17. The van der Waals surface area contributed by atoms with Crippen molar-refractivity contribution in [2.75, 3.05) is 0 Å². The number of rotatable bonds is 4. The van der Waals surface area contributed by atoms with E-state index in [1.165, 1.54) is 12.1 Å². The molecule has 1 aromatic rings. The number of aldehydes is 1. The molecule has 0 radical (unpaired) electrons. The van der Waals surface area contributed by atoms with Crippen molar-refractivity contribution in [1.29, 1.82) is 0 Å². The molecule has 0 atom stereocenters. The Kier molecular flexibility index (Phi) is 3.62. The van der Waals surface area contributed by atoms with Crippen molar-refractivity contribution >= 4 is 6.29 Å².